The third-order valence-electron chi connectivity index (χ3n) is 6.02. The highest BCUT2D eigenvalue weighted by Crippen LogP contribution is 2.25. The van der Waals surface area contributed by atoms with Crippen molar-refractivity contribution in [3.8, 4) is 5.75 Å². The minimum atomic E-state index is -0.182. The predicted molar refractivity (Wildman–Crippen MR) is 129 cm³/mol. The molecule has 6 heteroatoms. The van der Waals surface area contributed by atoms with Crippen molar-refractivity contribution in [1.82, 2.24) is 14.5 Å². The monoisotopic (exact) mass is 434 g/mol. The molecule has 1 N–H and O–H groups in total. The molecule has 3 aromatic rings. The summed E-state index contributed by atoms with van der Waals surface area (Å²) in [5, 5.41) is 2.94. The molecule has 2 aromatic carbocycles. The van der Waals surface area contributed by atoms with Crippen molar-refractivity contribution in [3.63, 3.8) is 0 Å². The van der Waals surface area contributed by atoms with E-state index in [1.807, 2.05) is 43.3 Å². The topological polar surface area (TPSA) is 59.4 Å². The summed E-state index contributed by atoms with van der Waals surface area (Å²) in [5.41, 5.74) is 3.93. The van der Waals surface area contributed by atoms with E-state index in [-0.39, 0.29) is 12.5 Å². The third-order valence-corrected chi connectivity index (χ3v) is 6.02. The molecular formula is C26H34N4O2. The molecule has 0 radical (unpaired) electrons. The molecule has 4 rings (SSSR count). The minimum Gasteiger partial charge on any atom is -0.484 e. The number of aromatic nitrogens is 2. The van der Waals surface area contributed by atoms with E-state index in [1.54, 1.807) is 0 Å². The van der Waals surface area contributed by atoms with Crippen molar-refractivity contribution < 1.29 is 9.53 Å². The summed E-state index contributed by atoms with van der Waals surface area (Å²) in [4.78, 5) is 19.9. The van der Waals surface area contributed by atoms with Gasteiger partial charge in [-0.05, 0) is 77.0 Å². The fourth-order valence-electron chi connectivity index (χ4n) is 4.39. The van der Waals surface area contributed by atoms with Gasteiger partial charge in [0.2, 0.25) is 0 Å². The van der Waals surface area contributed by atoms with Crippen LogP contribution < -0.4 is 10.1 Å². The largest absolute Gasteiger partial charge is 0.484 e. The van der Waals surface area contributed by atoms with Crippen molar-refractivity contribution in [3.05, 3.63) is 53.9 Å². The zero-order valence-electron chi connectivity index (χ0n) is 19.4. The third kappa shape index (κ3) is 5.49. The van der Waals surface area contributed by atoms with E-state index in [0.29, 0.717) is 11.8 Å². The van der Waals surface area contributed by atoms with Gasteiger partial charge in [0.25, 0.3) is 5.91 Å². The summed E-state index contributed by atoms with van der Waals surface area (Å²) < 4.78 is 7.92. The van der Waals surface area contributed by atoms with E-state index in [9.17, 15) is 4.79 Å². The van der Waals surface area contributed by atoms with Crippen molar-refractivity contribution in [2.45, 2.75) is 59.0 Å². The number of aryl methyl sites for hydroxylation is 1. The first-order chi connectivity index (χ1) is 15.5. The van der Waals surface area contributed by atoms with Crippen molar-refractivity contribution in [2.75, 3.05) is 25.0 Å². The van der Waals surface area contributed by atoms with Gasteiger partial charge >= 0.3 is 0 Å². The number of carbonyl (C=O) groups excluding carboxylic acids is 1. The van der Waals surface area contributed by atoms with Gasteiger partial charge < -0.3 is 14.6 Å². The molecule has 1 aromatic heterocycles. The number of nitrogens with one attached hydrogen (secondary N) is 1. The summed E-state index contributed by atoms with van der Waals surface area (Å²) in [6.45, 7) is 9.55. The first kappa shape index (κ1) is 22.3. The number of nitrogens with zero attached hydrogens (tertiary/aromatic N) is 3. The van der Waals surface area contributed by atoms with Crippen molar-refractivity contribution in [1.29, 1.82) is 0 Å². The second-order valence-electron chi connectivity index (χ2n) is 9.04. The average Bonchev–Trinajstić information content (AvgIpc) is 2.92. The Morgan fingerprint density at radius 1 is 1.06 bits per heavy atom. The average molecular weight is 435 g/mol. The van der Waals surface area contributed by atoms with E-state index in [1.165, 1.54) is 25.7 Å². The molecule has 2 heterocycles. The van der Waals surface area contributed by atoms with Gasteiger partial charge in [0, 0.05) is 11.7 Å². The highest BCUT2D eigenvalue weighted by Gasteiger charge is 2.18. The Bertz CT molecular complexity index is 1050. The molecule has 6 nitrogen and oxygen atoms in total. The molecule has 0 aliphatic carbocycles. The zero-order chi connectivity index (χ0) is 22.5. The molecule has 0 saturated carbocycles. The van der Waals surface area contributed by atoms with Gasteiger partial charge in [-0.15, -0.1) is 0 Å². The standard InChI is InChI=1S/C26H34N4O2/c1-19(2)30-24-13-10-21(27-26(31)18-32-22-11-8-20(3)9-12-22)16-23(24)28-25(30)17-29-14-6-4-5-7-15-29/h8-13,16,19H,4-7,14-15,17-18H2,1-3H3,(H,27,31). The minimum absolute atomic E-state index is 0.0260. The first-order valence-electron chi connectivity index (χ1n) is 11.7. The molecule has 0 atom stereocenters. The molecule has 170 valence electrons. The quantitative estimate of drug-likeness (QED) is 0.547. The molecule has 0 spiro atoms. The Balaban J connectivity index is 1.46. The van der Waals surface area contributed by atoms with Crippen molar-refractivity contribution >= 4 is 22.6 Å². The number of anilines is 1. The lowest BCUT2D eigenvalue weighted by molar-refractivity contribution is -0.118. The number of hydrogen-bond acceptors (Lipinski definition) is 4. The van der Waals surface area contributed by atoms with Crippen LogP contribution in [-0.2, 0) is 11.3 Å². The highest BCUT2D eigenvalue weighted by atomic mass is 16.5. The van der Waals surface area contributed by atoms with Crippen molar-refractivity contribution in [2.24, 2.45) is 0 Å². The van der Waals surface area contributed by atoms with E-state index < -0.39 is 0 Å². The van der Waals surface area contributed by atoms with E-state index in [0.717, 1.165) is 47.7 Å². The summed E-state index contributed by atoms with van der Waals surface area (Å²) in [6.07, 6.45) is 5.19. The number of rotatable bonds is 7. The van der Waals surface area contributed by atoms with Crippen LogP contribution in [0.25, 0.3) is 11.0 Å². The van der Waals surface area contributed by atoms with Crippen LogP contribution in [-0.4, -0.2) is 40.1 Å². The Labute approximate surface area is 190 Å². The van der Waals surface area contributed by atoms with Gasteiger partial charge in [0.15, 0.2) is 6.61 Å². The van der Waals surface area contributed by atoms with Crippen LogP contribution in [0.3, 0.4) is 0 Å². The molecular weight excluding hydrogens is 400 g/mol. The number of ether oxygens (including phenoxy) is 1. The van der Waals surface area contributed by atoms with Gasteiger partial charge in [-0.1, -0.05) is 30.5 Å². The smallest absolute Gasteiger partial charge is 0.262 e. The second-order valence-corrected chi connectivity index (χ2v) is 9.04. The van der Waals surface area contributed by atoms with Gasteiger partial charge in [-0.25, -0.2) is 4.98 Å². The second kappa shape index (κ2) is 10.2. The van der Waals surface area contributed by atoms with Crippen LogP contribution in [0.2, 0.25) is 0 Å². The first-order valence-corrected chi connectivity index (χ1v) is 11.7. The summed E-state index contributed by atoms with van der Waals surface area (Å²) >= 11 is 0. The molecule has 0 bridgehead atoms. The summed E-state index contributed by atoms with van der Waals surface area (Å²) in [6, 6.07) is 14.0. The molecule has 1 saturated heterocycles. The lowest BCUT2D eigenvalue weighted by Gasteiger charge is -2.21. The number of hydrogen-bond donors (Lipinski definition) is 1. The lowest BCUT2D eigenvalue weighted by Crippen LogP contribution is -2.26. The fraction of sp³-hybridized carbons (Fsp3) is 0.462. The van der Waals surface area contributed by atoms with Gasteiger partial charge in [-0.2, -0.15) is 0 Å². The number of carbonyl (C=O) groups is 1. The maximum Gasteiger partial charge on any atom is 0.262 e. The summed E-state index contributed by atoms with van der Waals surface area (Å²) in [5.74, 6) is 1.61. The molecule has 1 aliphatic rings. The number of fused-ring (bicyclic) bond motifs is 1. The Morgan fingerprint density at radius 3 is 2.47 bits per heavy atom. The van der Waals surface area contributed by atoms with E-state index in [2.05, 4.69) is 34.7 Å². The number of benzene rings is 2. The van der Waals surface area contributed by atoms with Gasteiger partial charge in [0.1, 0.15) is 11.6 Å². The normalized spacial score (nSPS) is 15.1. The maximum atomic E-state index is 12.4. The van der Waals surface area contributed by atoms with Crippen LogP contribution in [0.15, 0.2) is 42.5 Å². The van der Waals surface area contributed by atoms with Crippen LogP contribution in [0.4, 0.5) is 5.69 Å². The molecule has 0 unspecified atom stereocenters. The van der Waals surface area contributed by atoms with Crippen LogP contribution in [0.5, 0.6) is 5.75 Å². The zero-order valence-corrected chi connectivity index (χ0v) is 19.4. The van der Waals surface area contributed by atoms with Crippen LogP contribution in [0, 0.1) is 6.92 Å². The fourth-order valence-corrected chi connectivity index (χ4v) is 4.39. The maximum absolute atomic E-state index is 12.4. The predicted octanol–water partition coefficient (Wildman–Crippen LogP) is 5.32. The number of amides is 1. The van der Waals surface area contributed by atoms with Gasteiger partial charge in [0.05, 0.1) is 17.6 Å². The molecule has 1 amide bonds. The van der Waals surface area contributed by atoms with E-state index >= 15 is 0 Å². The Kier molecular flexibility index (Phi) is 7.10. The number of imidazole rings is 1. The SMILES string of the molecule is Cc1ccc(OCC(=O)Nc2ccc3c(c2)nc(CN2CCCCCC2)n3C(C)C)cc1. The number of likely N-dealkylation sites (tertiary alicyclic amines) is 1. The van der Waals surface area contributed by atoms with Gasteiger partial charge in [-0.3, -0.25) is 9.69 Å². The molecule has 32 heavy (non-hydrogen) atoms. The van der Waals surface area contributed by atoms with Crippen LogP contribution in [0.1, 0.15) is 57.0 Å². The van der Waals surface area contributed by atoms with Crippen LogP contribution >= 0.6 is 0 Å². The summed E-state index contributed by atoms with van der Waals surface area (Å²) in [7, 11) is 0. The Hall–Kier alpha value is -2.86. The Morgan fingerprint density at radius 2 is 1.78 bits per heavy atom. The molecule has 1 fully saturated rings. The lowest BCUT2D eigenvalue weighted by atomic mass is 10.2. The highest BCUT2D eigenvalue weighted by molar-refractivity contribution is 5.94. The molecule has 1 aliphatic heterocycles. The van der Waals surface area contributed by atoms with E-state index in [4.69, 9.17) is 9.72 Å².